The van der Waals surface area contributed by atoms with E-state index in [1.807, 2.05) is 36.6 Å². The van der Waals surface area contributed by atoms with Crippen molar-refractivity contribution in [1.29, 1.82) is 5.26 Å². The van der Waals surface area contributed by atoms with Gasteiger partial charge in [-0.25, -0.2) is 0 Å². The van der Waals surface area contributed by atoms with E-state index < -0.39 is 0 Å². The summed E-state index contributed by atoms with van der Waals surface area (Å²) in [7, 11) is 0. The molecule has 0 spiro atoms. The first-order valence-electron chi connectivity index (χ1n) is 6.62. The molecule has 0 saturated carbocycles. The summed E-state index contributed by atoms with van der Waals surface area (Å²) in [5.74, 6) is 1.38. The van der Waals surface area contributed by atoms with Gasteiger partial charge < -0.3 is 4.74 Å². The Labute approximate surface area is 124 Å². The predicted octanol–water partition coefficient (Wildman–Crippen LogP) is 5.02. The fraction of sp³-hybridized carbons (Fsp3) is 0.235. The molecular weight excluding hydrogens is 266 g/mol. The molecule has 0 fully saturated rings. The minimum atomic E-state index is 0.595. The summed E-state index contributed by atoms with van der Waals surface area (Å²) in [6.45, 7) is 2.16. The van der Waals surface area contributed by atoms with E-state index >= 15 is 0 Å². The summed E-state index contributed by atoms with van der Waals surface area (Å²) in [5, 5.41) is 9.28. The van der Waals surface area contributed by atoms with Gasteiger partial charge in [0.1, 0.15) is 23.1 Å². The fourth-order valence-electron chi connectivity index (χ4n) is 2.02. The van der Waals surface area contributed by atoms with Gasteiger partial charge >= 0.3 is 0 Å². The van der Waals surface area contributed by atoms with Gasteiger partial charge in [0, 0.05) is 4.90 Å². The Morgan fingerprint density at radius 3 is 2.50 bits per heavy atom. The molecule has 2 aromatic carbocycles. The minimum Gasteiger partial charge on any atom is -0.456 e. The van der Waals surface area contributed by atoms with E-state index in [4.69, 9.17) is 4.74 Å². The lowest BCUT2D eigenvalue weighted by Crippen LogP contribution is -1.91. The van der Waals surface area contributed by atoms with Crippen LogP contribution in [0.1, 0.15) is 24.5 Å². The Balaban J connectivity index is 2.24. The van der Waals surface area contributed by atoms with E-state index in [1.54, 1.807) is 11.8 Å². The fourth-order valence-corrected chi connectivity index (χ4v) is 2.58. The minimum absolute atomic E-state index is 0.595. The third kappa shape index (κ3) is 3.34. The van der Waals surface area contributed by atoms with E-state index in [9.17, 15) is 5.26 Å². The van der Waals surface area contributed by atoms with Crippen LogP contribution in [0.5, 0.6) is 11.5 Å². The Hall–Kier alpha value is -1.92. The van der Waals surface area contributed by atoms with E-state index in [2.05, 4.69) is 25.1 Å². The molecule has 20 heavy (non-hydrogen) atoms. The van der Waals surface area contributed by atoms with Crippen molar-refractivity contribution in [1.82, 2.24) is 0 Å². The zero-order valence-corrected chi connectivity index (χ0v) is 12.5. The van der Waals surface area contributed by atoms with Crippen LogP contribution in [0.2, 0.25) is 0 Å². The highest BCUT2D eigenvalue weighted by atomic mass is 32.2. The van der Waals surface area contributed by atoms with Crippen LogP contribution in [0.4, 0.5) is 0 Å². The number of thioether (sulfide) groups is 1. The topological polar surface area (TPSA) is 33.0 Å². The zero-order valence-electron chi connectivity index (χ0n) is 11.7. The molecule has 0 heterocycles. The monoisotopic (exact) mass is 283 g/mol. The second-order valence-corrected chi connectivity index (χ2v) is 5.29. The van der Waals surface area contributed by atoms with Crippen LogP contribution in [0.25, 0.3) is 0 Å². The van der Waals surface area contributed by atoms with Crippen LogP contribution in [0, 0.1) is 11.3 Å². The molecule has 0 aliphatic heterocycles. The van der Waals surface area contributed by atoms with Crippen molar-refractivity contribution < 1.29 is 4.74 Å². The highest BCUT2D eigenvalue weighted by Gasteiger charge is 2.09. The van der Waals surface area contributed by atoms with E-state index in [0.29, 0.717) is 11.3 Å². The van der Waals surface area contributed by atoms with Crippen molar-refractivity contribution in [2.24, 2.45) is 0 Å². The van der Waals surface area contributed by atoms with Gasteiger partial charge in [0.25, 0.3) is 0 Å². The number of benzene rings is 2. The zero-order chi connectivity index (χ0) is 14.4. The molecule has 2 nitrogen and oxygen atoms in total. The molecule has 0 amide bonds. The molecule has 2 rings (SSSR count). The second kappa shape index (κ2) is 7.02. The first kappa shape index (κ1) is 14.5. The van der Waals surface area contributed by atoms with Gasteiger partial charge in [0.05, 0.1) is 0 Å². The summed E-state index contributed by atoms with van der Waals surface area (Å²) in [6.07, 6.45) is 4.17. The number of hydrogen-bond acceptors (Lipinski definition) is 3. The van der Waals surface area contributed by atoms with Crippen molar-refractivity contribution in [3.63, 3.8) is 0 Å². The van der Waals surface area contributed by atoms with Gasteiger partial charge in [0.2, 0.25) is 0 Å². The first-order chi connectivity index (χ1) is 9.78. The van der Waals surface area contributed by atoms with Crippen LogP contribution in [0.15, 0.2) is 47.4 Å². The highest BCUT2D eigenvalue weighted by Crippen LogP contribution is 2.31. The van der Waals surface area contributed by atoms with Crippen molar-refractivity contribution in [3.05, 3.63) is 53.6 Å². The maximum atomic E-state index is 9.28. The van der Waals surface area contributed by atoms with Gasteiger partial charge in [-0.2, -0.15) is 5.26 Å². The van der Waals surface area contributed by atoms with Crippen LogP contribution in [0.3, 0.4) is 0 Å². The summed E-state index contributed by atoms with van der Waals surface area (Å²) in [5.41, 5.74) is 1.90. The number of nitrogens with zero attached hydrogens (tertiary/aromatic N) is 1. The molecule has 0 unspecified atom stereocenters. The van der Waals surface area contributed by atoms with E-state index in [1.165, 1.54) is 5.56 Å². The van der Waals surface area contributed by atoms with Crippen LogP contribution in [-0.2, 0) is 6.42 Å². The van der Waals surface area contributed by atoms with Crippen molar-refractivity contribution in [3.8, 4) is 17.6 Å². The molecular formula is C17H17NOS. The Morgan fingerprint density at radius 2 is 1.90 bits per heavy atom. The maximum absolute atomic E-state index is 9.28. The highest BCUT2D eigenvalue weighted by molar-refractivity contribution is 7.98. The van der Waals surface area contributed by atoms with E-state index in [-0.39, 0.29) is 0 Å². The van der Waals surface area contributed by atoms with Gasteiger partial charge in [-0.15, -0.1) is 11.8 Å². The van der Waals surface area contributed by atoms with Crippen LogP contribution in [-0.4, -0.2) is 6.26 Å². The lowest BCUT2D eigenvalue weighted by atomic mass is 10.1. The normalized spacial score (nSPS) is 10.1. The molecule has 2 aromatic rings. The number of hydrogen-bond donors (Lipinski definition) is 0. The lowest BCUT2D eigenvalue weighted by Gasteiger charge is -2.10. The SMILES string of the molecule is CCCc1ccc(Oc2cccc(SC)c2C#N)cc1. The molecule has 0 radical (unpaired) electrons. The lowest BCUT2D eigenvalue weighted by molar-refractivity contribution is 0.479. The van der Waals surface area contributed by atoms with Gasteiger partial charge in [-0.1, -0.05) is 31.5 Å². The third-order valence-corrected chi connectivity index (χ3v) is 3.79. The Morgan fingerprint density at radius 1 is 1.15 bits per heavy atom. The molecule has 0 N–H and O–H groups in total. The molecule has 0 saturated heterocycles. The van der Waals surface area contributed by atoms with Crippen LogP contribution < -0.4 is 4.74 Å². The predicted molar refractivity (Wildman–Crippen MR) is 83.4 cm³/mol. The average molecular weight is 283 g/mol. The molecule has 3 heteroatoms. The average Bonchev–Trinajstić information content (AvgIpc) is 2.49. The molecule has 0 aliphatic rings. The molecule has 0 aromatic heterocycles. The number of aryl methyl sites for hydroxylation is 1. The largest absolute Gasteiger partial charge is 0.456 e. The van der Waals surface area contributed by atoms with E-state index in [0.717, 1.165) is 23.5 Å². The molecule has 0 atom stereocenters. The molecule has 0 bridgehead atoms. The number of ether oxygens (including phenoxy) is 1. The standard InChI is InChI=1S/C17H17NOS/c1-3-5-13-8-10-14(11-9-13)19-16-6-4-7-17(20-2)15(16)12-18/h4,6-11H,3,5H2,1-2H3. The summed E-state index contributed by atoms with van der Waals surface area (Å²) in [4.78, 5) is 0.938. The van der Waals surface area contributed by atoms with Crippen LogP contribution >= 0.6 is 11.8 Å². The third-order valence-electron chi connectivity index (χ3n) is 3.01. The second-order valence-electron chi connectivity index (χ2n) is 4.44. The number of nitriles is 1. The quantitative estimate of drug-likeness (QED) is 0.722. The summed E-state index contributed by atoms with van der Waals surface area (Å²) < 4.78 is 5.84. The van der Waals surface area contributed by atoms with Crippen molar-refractivity contribution in [2.45, 2.75) is 24.7 Å². The summed E-state index contributed by atoms with van der Waals surface area (Å²) in [6, 6.07) is 16.0. The molecule has 0 aliphatic carbocycles. The van der Waals surface area contributed by atoms with Gasteiger partial charge in [-0.05, 0) is 42.5 Å². The summed E-state index contributed by atoms with van der Waals surface area (Å²) >= 11 is 1.55. The Kier molecular flexibility index (Phi) is 5.09. The van der Waals surface area contributed by atoms with Gasteiger partial charge in [0.15, 0.2) is 0 Å². The maximum Gasteiger partial charge on any atom is 0.146 e. The first-order valence-corrected chi connectivity index (χ1v) is 7.85. The van der Waals surface area contributed by atoms with Gasteiger partial charge in [-0.3, -0.25) is 0 Å². The van der Waals surface area contributed by atoms with Crippen molar-refractivity contribution in [2.75, 3.05) is 6.26 Å². The number of rotatable bonds is 5. The van der Waals surface area contributed by atoms with Crippen molar-refractivity contribution >= 4 is 11.8 Å². The molecule has 102 valence electrons. The Bertz CT molecular complexity index is 614. The smallest absolute Gasteiger partial charge is 0.146 e.